The first-order chi connectivity index (χ1) is 14.2. The summed E-state index contributed by atoms with van der Waals surface area (Å²) < 4.78 is 0. The smallest absolute Gasteiger partial charge is 0.00981 e. The molecule has 2 heteroatoms. The van der Waals surface area contributed by atoms with E-state index in [1.807, 2.05) is 0 Å². The number of rotatable bonds is 6. The van der Waals surface area contributed by atoms with Crippen LogP contribution >= 0.6 is 0 Å². The van der Waals surface area contributed by atoms with Gasteiger partial charge in [-0.15, -0.1) is 0 Å². The lowest BCUT2D eigenvalue weighted by Gasteiger charge is -2.43. The molecule has 0 amide bonds. The summed E-state index contributed by atoms with van der Waals surface area (Å²) in [6.07, 6.45) is 24.8. The zero-order chi connectivity index (χ0) is 20.1. The van der Waals surface area contributed by atoms with E-state index in [-0.39, 0.29) is 0 Å². The van der Waals surface area contributed by atoms with Gasteiger partial charge in [-0.05, 0) is 81.5 Å². The normalized spacial score (nSPS) is 44.5. The fourth-order valence-electron chi connectivity index (χ4n) is 7.48. The van der Waals surface area contributed by atoms with E-state index in [1.54, 1.807) is 0 Å². The van der Waals surface area contributed by atoms with E-state index in [1.165, 1.54) is 109 Å². The average Bonchev–Trinajstić information content (AvgIpc) is 2.74. The van der Waals surface area contributed by atoms with E-state index in [0.717, 1.165) is 47.8 Å². The summed E-state index contributed by atoms with van der Waals surface area (Å²) in [4.78, 5) is 0. The Bertz CT molecular complexity index is 435. The van der Waals surface area contributed by atoms with Crippen molar-refractivity contribution in [2.45, 2.75) is 147 Å². The van der Waals surface area contributed by atoms with Gasteiger partial charge in [0.1, 0.15) is 0 Å². The van der Waals surface area contributed by atoms with Crippen LogP contribution in [0.25, 0.3) is 0 Å². The fraction of sp³-hybridized carbons (Fsp3) is 1.00. The number of hydrogen-bond donors (Lipinski definition) is 2. The zero-order valence-corrected chi connectivity index (χ0v) is 19.6. The van der Waals surface area contributed by atoms with Gasteiger partial charge < -0.3 is 10.6 Å². The van der Waals surface area contributed by atoms with Crippen LogP contribution in [0.1, 0.15) is 123 Å². The Morgan fingerprint density at radius 1 is 0.448 bits per heavy atom. The lowest BCUT2D eigenvalue weighted by molar-refractivity contribution is 0.131. The van der Waals surface area contributed by atoms with Crippen LogP contribution < -0.4 is 10.6 Å². The molecule has 4 fully saturated rings. The standard InChI is InChI=1S/C27H50N2/c1-20-11-3-7-15-24(20)28-26-17-9-5-13-22(26)19-23-14-6-10-18-27(23)29-25-16-8-4-12-21(25)2/h20-29H,3-19H2,1-2H3. The van der Waals surface area contributed by atoms with Crippen LogP contribution in [0.3, 0.4) is 0 Å². The van der Waals surface area contributed by atoms with Crippen molar-refractivity contribution in [3.63, 3.8) is 0 Å². The second kappa shape index (κ2) is 11.0. The van der Waals surface area contributed by atoms with Crippen molar-refractivity contribution in [3.05, 3.63) is 0 Å². The van der Waals surface area contributed by atoms with Crippen molar-refractivity contribution in [3.8, 4) is 0 Å². The summed E-state index contributed by atoms with van der Waals surface area (Å²) in [6, 6.07) is 3.23. The van der Waals surface area contributed by atoms with E-state index in [9.17, 15) is 0 Å². The van der Waals surface area contributed by atoms with Crippen LogP contribution in [0, 0.1) is 23.7 Å². The summed E-state index contributed by atoms with van der Waals surface area (Å²) in [5.41, 5.74) is 0. The van der Waals surface area contributed by atoms with Gasteiger partial charge in [-0.25, -0.2) is 0 Å². The molecule has 0 spiro atoms. The van der Waals surface area contributed by atoms with Gasteiger partial charge in [0.2, 0.25) is 0 Å². The molecule has 29 heavy (non-hydrogen) atoms. The monoisotopic (exact) mass is 402 g/mol. The molecule has 168 valence electrons. The molecule has 2 nitrogen and oxygen atoms in total. The maximum atomic E-state index is 4.23. The van der Waals surface area contributed by atoms with Crippen molar-refractivity contribution >= 4 is 0 Å². The zero-order valence-electron chi connectivity index (χ0n) is 19.6. The highest BCUT2D eigenvalue weighted by Gasteiger charge is 2.35. The Balaban J connectivity index is 1.35. The molecule has 0 aliphatic heterocycles. The molecule has 2 N–H and O–H groups in total. The summed E-state index contributed by atoms with van der Waals surface area (Å²) in [5, 5.41) is 8.46. The maximum absolute atomic E-state index is 4.23. The minimum Gasteiger partial charge on any atom is -0.311 e. The summed E-state index contributed by atoms with van der Waals surface area (Å²) in [5.74, 6) is 3.66. The topological polar surface area (TPSA) is 24.1 Å². The van der Waals surface area contributed by atoms with Crippen LogP contribution in [0.15, 0.2) is 0 Å². The van der Waals surface area contributed by atoms with Gasteiger partial charge in [-0.2, -0.15) is 0 Å². The highest BCUT2D eigenvalue weighted by Crippen LogP contribution is 2.38. The summed E-state index contributed by atoms with van der Waals surface area (Å²) >= 11 is 0. The third kappa shape index (κ3) is 6.00. The Labute approximate surface area is 181 Å². The molecule has 0 radical (unpaired) electrons. The molecule has 4 saturated carbocycles. The van der Waals surface area contributed by atoms with Crippen molar-refractivity contribution in [1.82, 2.24) is 10.6 Å². The Hall–Kier alpha value is -0.0800. The van der Waals surface area contributed by atoms with Gasteiger partial charge in [0.25, 0.3) is 0 Å². The van der Waals surface area contributed by atoms with E-state index < -0.39 is 0 Å². The average molecular weight is 403 g/mol. The summed E-state index contributed by atoms with van der Waals surface area (Å²) in [6.45, 7) is 5.00. The minimum absolute atomic E-state index is 0.803. The van der Waals surface area contributed by atoms with Crippen LogP contribution in [-0.2, 0) is 0 Å². The number of nitrogens with one attached hydrogen (secondary N) is 2. The van der Waals surface area contributed by atoms with Crippen molar-refractivity contribution < 1.29 is 0 Å². The maximum Gasteiger partial charge on any atom is 0.00981 e. The van der Waals surface area contributed by atoms with Gasteiger partial charge in [0, 0.05) is 24.2 Å². The molecule has 0 aromatic rings. The largest absolute Gasteiger partial charge is 0.311 e. The van der Waals surface area contributed by atoms with Crippen molar-refractivity contribution in [2.24, 2.45) is 23.7 Å². The predicted molar refractivity (Wildman–Crippen MR) is 125 cm³/mol. The van der Waals surface area contributed by atoms with E-state index in [0.29, 0.717) is 0 Å². The molecule has 0 bridgehead atoms. The molecule has 4 aliphatic rings. The first kappa shape index (κ1) is 22.1. The van der Waals surface area contributed by atoms with Crippen LogP contribution in [-0.4, -0.2) is 24.2 Å². The molecule has 4 aliphatic carbocycles. The first-order valence-electron chi connectivity index (χ1n) is 13.7. The lowest BCUT2D eigenvalue weighted by atomic mass is 9.72. The van der Waals surface area contributed by atoms with Crippen LogP contribution in [0.2, 0.25) is 0 Å². The first-order valence-corrected chi connectivity index (χ1v) is 13.7. The highest BCUT2D eigenvalue weighted by atomic mass is 15.0. The second-order valence-corrected chi connectivity index (χ2v) is 11.6. The fourth-order valence-corrected chi connectivity index (χ4v) is 7.48. The predicted octanol–water partition coefficient (Wildman–Crippen LogP) is 6.83. The van der Waals surface area contributed by atoms with Gasteiger partial charge in [0.15, 0.2) is 0 Å². The molecule has 0 aromatic carbocycles. The minimum atomic E-state index is 0.803. The molecule has 0 heterocycles. The molecular formula is C27H50N2. The molecule has 0 saturated heterocycles. The molecule has 8 unspecified atom stereocenters. The Kier molecular flexibility index (Phi) is 8.38. The van der Waals surface area contributed by atoms with Gasteiger partial charge in [0.05, 0.1) is 0 Å². The third-order valence-electron chi connectivity index (χ3n) is 9.50. The van der Waals surface area contributed by atoms with Crippen LogP contribution in [0.5, 0.6) is 0 Å². The third-order valence-corrected chi connectivity index (χ3v) is 9.50. The van der Waals surface area contributed by atoms with Gasteiger partial charge in [-0.3, -0.25) is 0 Å². The highest BCUT2D eigenvalue weighted by molar-refractivity contribution is 4.92. The Morgan fingerprint density at radius 3 is 1.21 bits per heavy atom. The van der Waals surface area contributed by atoms with E-state index >= 15 is 0 Å². The number of hydrogen-bond acceptors (Lipinski definition) is 2. The van der Waals surface area contributed by atoms with Gasteiger partial charge >= 0.3 is 0 Å². The van der Waals surface area contributed by atoms with Gasteiger partial charge in [-0.1, -0.05) is 65.2 Å². The molecular weight excluding hydrogens is 352 g/mol. The van der Waals surface area contributed by atoms with Crippen LogP contribution in [0.4, 0.5) is 0 Å². The molecule has 4 rings (SSSR count). The molecule has 0 aromatic heterocycles. The lowest BCUT2D eigenvalue weighted by Crippen LogP contribution is -2.51. The Morgan fingerprint density at radius 2 is 0.793 bits per heavy atom. The van der Waals surface area contributed by atoms with E-state index in [4.69, 9.17) is 0 Å². The quantitative estimate of drug-likeness (QED) is 0.508. The van der Waals surface area contributed by atoms with Crippen molar-refractivity contribution in [1.29, 1.82) is 0 Å². The van der Waals surface area contributed by atoms with Crippen molar-refractivity contribution in [2.75, 3.05) is 0 Å². The summed E-state index contributed by atoms with van der Waals surface area (Å²) in [7, 11) is 0. The SMILES string of the molecule is CC1CCCCC1NC1CCCCC1CC1CCCCC1NC1CCCCC1C. The second-order valence-electron chi connectivity index (χ2n) is 11.6. The van der Waals surface area contributed by atoms with E-state index in [2.05, 4.69) is 24.5 Å². The molecule has 8 atom stereocenters.